The van der Waals surface area contributed by atoms with Crippen LogP contribution in [0.2, 0.25) is 0 Å². The van der Waals surface area contributed by atoms with Crippen molar-refractivity contribution in [2.45, 2.75) is 65.5 Å². The minimum absolute atomic E-state index is 0.262. The second kappa shape index (κ2) is 6.88. The summed E-state index contributed by atoms with van der Waals surface area (Å²) in [5, 5.41) is 7.82. The van der Waals surface area contributed by atoms with Crippen LogP contribution in [0.4, 0.5) is 0 Å². The van der Waals surface area contributed by atoms with E-state index in [1.54, 1.807) is 0 Å². The van der Waals surface area contributed by atoms with Crippen LogP contribution in [0.5, 0.6) is 0 Å². The molecule has 21 heavy (non-hydrogen) atoms. The number of piperazine rings is 1. The van der Waals surface area contributed by atoms with E-state index in [2.05, 4.69) is 48.1 Å². The van der Waals surface area contributed by atoms with Gasteiger partial charge < -0.3 is 9.84 Å². The second-order valence-electron chi connectivity index (χ2n) is 6.63. The van der Waals surface area contributed by atoms with Crippen LogP contribution in [0.1, 0.15) is 52.3 Å². The average molecular weight is 294 g/mol. The van der Waals surface area contributed by atoms with E-state index in [-0.39, 0.29) is 5.54 Å². The largest absolute Gasteiger partial charge is 0.340 e. The quantitative estimate of drug-likeness (QED) is 0.873. The lowest BCUT2D eigenvalue weighted by Gasteiger charge is -2.49. The molecule has 1 fully saturated rings. The molecule has 1 aromatic rings. The molecule has 120 valence electrons. The first-order chi connectivity index (χ1) is 9.99. The van der Waals surface area contributed by atoms with Crippen molar-refractivity contribution in [3.63, 3.8) is 0 Å². The SMILES string of the molecule is CCC1(CC)CN(CCc2noc(C)n2)C(C(C)C)CN1. The van der Waals surface area contributed by atoms with Crippen molar-refractivity contribution in [2.24, 2.45) is 5.92 Å². The molecule has 1 aliphatic rings. The van der Waals surface area contributed by atoms with Gasteiger partial charge in [0.15, 0.2) is 5.82 Å². The van der Waals surface area contributed by atoms with Crippen LogP contribution in [0.3, 0.4) is 0 Å². The summed E-state index contributed by atoms with van der Waals surface area (Å²) in [6.07, 6.45) is 3.21. The van der Waals surface area contributed by atoms with Gasteiger partial charge in [-0.15, -0.1) is 0 Å². The summed E-state index contributed by atoms with van der Waals surface area (Å²) in [7, 11) is 0. The predicted octanol–water partition coefficient (Wildman–Crippen LogP) is 2.41. The molecular formula is C16H30N4O. The highest BCUT2D eigenvalue weighted by Crippen LogP contribution is 2.25. The molecule has 0 aliphatic carbocycles. The number of nitrogens with one attached hydrogen (secondary N) is 1. The fraction of sp³-hybridized carbons (Fsp3) is 0.875. The summed E-state index contributed by atoms with van der Waals surface area (Å²) in [5.74, 6) is 2.13. The van der Waals surface area contributed by atoms with E-state index in [1.807, 2.05) is 6.92 Å². The Bertz CT molecular complexity index is 439. The average Bonchev–Trinajstić information content (AvgIpc) is 2.90. The van der Waals surface area contributed by atoms with Crippen molar-refractivity contribution in [2.75, 3.05) is 19.6 Å². The number of aryl methyl sites for hydroxylation is 1. The number of aromatic nitrogens is 2. The van der Waals surface area contributed by atoms with E-state index in [9.17, 15) is 0 Å². The molecule has 0 aromatic carbocycles. The third-order valence-corrected chi connectivity index (χ3v) is 4.98. The zero-order chi connectivity index (χ0) is 15.5. The number of rotatable bonds is 6. The molecule has 0 amide bonds. The van der Waals surface area contributed by atoms with Crippen LogP contribution >= 0.6 is 0 Å². The van der Waals surface area contributed by atoms with E-state index < -0.39 is 0 Å². The Labute approximate surface area is 128 Å². The van der Waals surface area contributed by atoms with E-state index in [1.165, 1.54) is 12.8 Å². The van der Waals surface area contributed by atoms with Gasteiger partial charge in [-0.3, -0.25) is 4.90 Å². The third kappa shape index (κ3) is 3.83. The van der Waals surface area contributed by atoms with E-state index in [0.29, 0.717) is 17.9 Å². The standard InChI is InChI=1S/C16H30N4O/c1-6-16(7-2)11-20(14(10-17-16)12(3)4)9-8-15-18-13(5)21-19-15/h12,14,17H,6-11H2,1-5H3. The second-order valence-corrected chi connectivity index (χ2v) is 6.63. The Hall–Kier alpha value is -0.940. The lowest BCUT2D eigenvalue weighted by Crippen LogP contribution is -2.65. The van der Waals surface area contributed by atoms with Crippen LogP contribution in [0.25, 0.3) is 0 Å². The first-order valence-corrected chi connectivity index (χ1v) is 8.28. The molecule has 2 heterocycles. The highest BCUT2D eigenvalue weighted by atomic mass is 16.5. The smallest absolute Gasteiger partial charge is 0.223 e. The Morgan fingerprint density at radius 3 is 2.62 bits per heavy atom. The summed E-state index contributed by atoms with van der Waals surface area (Å²) in [4.78, 5) is 6.95. The van der Waals surface area contributed by atoms with Gasteiger partial charge in [0.05, 0.1) is 0 Å². The van der Waals surface area contributed by atoms with Gasteiger partial charge in [0, 0.05) is 44.6 Å². The summed E-state index contributed by atoms with van der Waals surface area (Å²) in [6, 6.07) is 0.587. The zero-order valence-electron chi connectivity index (χ0n) is 14.1. The Morgan fingerprint density at radius 1 is 1.38 bits per heavy atom. The van der Waals surface area contributed by atoms with Gasteiger partial charge in [0.2, 0.25) is 5.89 Å². The highest BCUT2D eigenvalue weighted by Gasteiger charge is 2.37. The van der Waals surface area contributed by atoms with E-state index >= 15 is 0 Å². The van der Waals surface area contributed by atoms with Crippen molar-refractivity contribution in [3.8, 4) is 0 Å². The molecule has 0 radical (unpaired) electrons. The topological polar surface area (TPSA) is 54.2 Å². The molecule has 1 unspecified atom stereocenters. The summed E-state index contributed by atoms with van der Waals surface area (Å²) >= 11 is 0. The van der Waals surface area contributed by atoms with Gasteiger partial charge in [0.25, 0.3) is 0 Å². The molecule has 2 rings (SSSR count). The van der Waals surface area contributed by atoms with Crippen LogP contribution in [0.15, 0.2) is 4.52 Å². The fourth-order valence-corrected chi connectivity index (χ4v) is 3.32. The van der Waals surface area contributed by atoms with Crippen LogP contribution in [-0.4, -0.2) is 46.3 Å². The van der Waals surface area contributed by atoms with Gasteiger partial charge in [-0.2, -0.15) is 4.98 Å². The monoisotopic (exact) mass is 294 g/mol. The van der Waals surface area contributed by atoms with Gasteiger partial charge in [-0.1, -0.05) is 32.9 Å². The molecule has 0 bridgehead atoms. The Kier molecular flexibility index (Phi) is 5.38. The zero-order valence-corrected chi connectivity index (χ0v) is 14.1. The maximum Gasteiger partial charge on any atom is 0.223 e. The maximum atomic E-state index is 5.07. The van der Waals surface area contributed by atoms with Crippen molar-refractivity contribution in [1.29, 1.82) is 0 Å². The predicted molar refractivity (Wildman–Crippen MR) is 84.3 cm³/mol. The molecule has 5 nitrogen and oxygen atoms in total. The van der Waals surface area contributed by atoms with Crippen molar-refractivity contribution >= 4 is 0 Å². The lowest BCUT2D eigenvalue weighted by atomic mass is 9.86. The number of hydrogen-bond acceptors (Lipinski definition) is 5. The Morgan fingerprint density at radius 2 is 2.10 bits per heavy atom. The van der Waals surface area contributed by atoms with Crippen LogP contribution in [0, 0.1) is 12.8 Å². The van der Waals surface area contributed by atoms with E-state index in [4.69, 9.17) is 4.52 Å². The number of nitrogens with zero attached hydrogens (tertiary/aromatic N) is 3. The molecule has 1 saturated heterocycles. The van der Waals surface area contributed by atoms with Gasteiger partial charge >= 0.3 is 0 Å². The maximum absolute atomic E-state index is 5.07. The lowest BCUT2D eigenvalue weighted by molar-refractivity contribution is 0.0509. The van der Waals surface area contributed by atoms with Crippen LogP contribution in [-0.2, 0) is 6.42 Å². The van der Waals surface area contributed by atoms with E-state index in [0.717, 1.165) is 31.9 Å². The van der Waals surface area contributed by atoms with Crippen molar-refractivity contribution < 1.29 is 4.52 Å². The first-order valence-electron chi connectivity index (χ1n) is 8.28. The van der Waals surface area contributed by atoms with Crippen molar-refractivity contribution in [3.05, 3.63) is 11.7 Å². The van der Waals surface area contributed by atoms with Gasteiger partial charge in [0.1, 0.15) is 0 Å². The third-order valence-electron chi connectivity index (χ3n) is 4.98. The molecule has 0 saturated carbocycles. The number of hydrogen-bond donors (Lipinski definition) is 1. The minimum atomic E-state index is 0.262. The minimum Gasteiger partial charge on any atom is -0.340 e. The normalized spacial score (nSPS) is 22.9. The molecule has 5 heteroatoms. The van der Waals surface area contributed by atoms with Crippen LogP contribution < -0.4 is 5.32 Å². The Balaban J connectivity index is 2.03. The molecule has 0 spiro atoms. The summed E-state index contributed by atoms with van der Waals surface area (Å²) < 4.78 is 5.07. The first kappa shape index (κ1) is 16.4. The molecule has 1 aromatic heterocycles. The summed E-state index contributed by atoms with van der Waals surface area (Å²) in [5.41, 5.74) is 0.262. The van der Waals surface area contributed by atoms with Crippen molar-refractivity contribution in [1.82, 2.24) is 20.4 Å². The summed E-state index contributed by atoms with van der Waals surface area (Å²) in [6.45, 7) is 14.2. The molecule has 1 N–H and O–H groups in total. The fourth-order valence-electron chi connectivity index (χ4n) is 3.32. The van der Waals surface area contributed by atoms with Gasteiger partial charge in [-0.05, 0) is 18.8 Å². The van der Waals surface area contributed by atoms with Gasteiger partial charge in [-0.25, -0.2) is 0 Å². The highest BCUT2D eigenvalue weighted by molar-refractivity contribution is 4.98. The molecular weight excluding hydrogens is 264 g/mol. The molecule has 1 atom stereocenters. The molecule has 1 aliphatic heterocycles.